The van der Waals surface area contributed by atoms with Crippen LogP contribution in [0.1, 0.15) is 29.9 Å². The zero-order valence-electron chi connectivity index (χ0n) is 13.5. The van der Waals surface area contributed by atoms with Crippen molar-refractivity contribution in [2.75, 3.05) is 6.54 Å². The molecule has 0 bridgehead atoms. The number of nitrogens with zero attached hydrogens (tertiary/aromatic N) is 1. The Balaban J connectivity index is 2.03. The smallest absolute Gasteiger partial charge is 0.308 e. The summed E-state index contributed by atoms with van der Waals surface area (Å²) in [7, 11) is 0. The van der Waals surface area contributed by atoms with Gasteiger partial charge in [0.05, 0.1) is 12.1 Å². The van der Waals surface area contributed by atoms with E-state index in [1.807, 2.05) is 13.8 Å². The highest BCUT2D eigenvalue weighted by Crippen LogP contribution is 2.27. The minimum atomic E-state index is -0.930. The van der Waals surface area contributed by atoms with Crippen LogP contribution in [0.4, 0.5) is 4.39 Å². The fraction of sp³-hybridized carbons (Fsp3) is 0.353. The molecule has 1 aromatic carbocycles. The van der Waals surface area contributed by atoms with Gasteiger partial charge in [0.2, 0.25) is 0 Å². The van der Waals surface area contributed by atoms with Crippen LogP contribution >= 0.6 is 11.3 Å². The molecule has 128 valence electrons. The molecule has 0 aliphatic carbocycles. The Labute approximate surface area is 143 Å². The number of benzene rings is 1. The second kappa shape index (κ2) is 8.01. The standard InChI is InChI=1S/C17H19FN2O3S/c1-10(2)7-11(17(22)23)8-19-15(21)14-9-20-16(24-14)12-5-3-4-6-13(12)18/h3-6,9-11H,7-8H2,1-2H3,(H,19,21)(H,22,23). The summed E-state index contributed by atoms with van der Waals surface area (Å²) in [5.41, 5.74) is 0.338. The molecule has 0 spiro atoms. The Morgan fingerprint density at radius 3 is 2.67 bits per heavy atom. The first-order valence-corrected chi connectivity index (χ1v) is 8.42. The molecule has 1 aromatic heterocycles. The van der Waals surface area contributed by atoms with Gasteiger partial charge in [0.15, 0.2) is 0 Å². The number of thiazole rings is 1. The van der Waals surface area contributed by atoms with Gasteiger partial charge in [-0.05, 0) is 24.5 Å². The van der Waals surface area contributed by atoms with Gasteiger partial charge in [0.1, 0.15) is 15.7 Å². The maximum atomic E-state index is 13.8. The molecular formula is C17H19FN2O3S. The van der Waals surface area contributed by atoms with Gasteiger partial charge < -0.3 is 10.4 Å². The minimum Gasteiger partial charge on any atom is -0.481 e. The summed E-state index contributed by atoms with van der Waals surface area (Å²) in [6, 6.07) is 6.21. The first-order valence-electron chi connectivity index (χ1n) is 7.60. The molecule has 1 unspecified atom stereocenters. The third kappa shape index (κ3) is 4.61. The summed E-state index contributed by atoms with van der Waals surface area (Å²) >= 11 is 1.07. The van der Waals surface area contributed by atoms with E-state index in [0.717, 1.165) is 11.3 Å². The van der Waals surface area contributed by atoms with E-state index in [2.05, 4.69) is 10.3 Å². The van der Waals surface area contributed by atoms with Crippen LogP contribution in [0.15, 0.2) is 30.5 Å². The van der Waals surface area contributed by atoms with Crippen LogP contribution < -0.4 is 5.32 Å². The van der Waals surface area contributed by atoms with E-state index in [1.54, 1.807) is 18.2 Å². The zero-order valence-corrected chi connectivity index (χ0v) is 14.3. The number of aliphatic carboxylic acids is 1. The van der Waals surface area contributed by atoms with E-state index >= 15 is 0 Å². The van der Waals surface area contributed by atoms with Gasteiger partial charge in [-0.1, -0.05) is 26.0 Å². The monoisotopic (exact) mass is 350 g/mol. The number of halogens is 1. The van der Waals surface area contributed by atoms with Crippen LogP contribution in [-0.4, -0.2) is 28.5 Å². The summed E-state index contributed by atoms with van der Waals surface area (Å²) in [6.45, 7) is 3.92. The average Bonchev–Trinajstić information content (AvgIpc) is 3.00. The molecule has 0 radical (unpaired) electrons. The van der Waals surface area contributed by atoms with Crippen LogP contribution in [0.2, 0.25) is 0 Å². The molecule has 0 aliphatic rings. The predicted molar refractivity (Wildman–Crippen MR) is 90.4 cm³/mol. The van der Waals surface area contributed by atoms with Crippen LogP contribution in [0.5, 0.6) is 0 Å². The van der Waals surface area contributed by atoms with Crippen molar-refractivity contribution in [3.63, 3.8) is 0 Å². The number of carboxylic acids is 1. The zero-order chi connectivity index (χ0) is 17.7. The van der Waals surface area contributed by atoms with Crippen molar-refractivity contribution in [3.05, 3.63) is 41.2 Å². The lowest BCUT2D eigenvalue weighted by molar-refractivity contribution is -0.142. The molecule has 2 aromatic rings. The number of aromatic nitrogens is 1. The average molecular weight is 350 g/mol. The molecule has 0 saturated carbocycles. The minimum absolute atomic E-state index is 0.0548. The molecular weight excluding hydrogens is 331 g/mol. The lowest BCUT2D eigenvalue weighted by Crippen LogP contribution is -2.33. The Morgan fingerprint density at radius 2 is 2.04 bits per heavy atom. The summed E-state index contributed by atoms with van der Waals surface area (Å²) in [4.78, 5) is 27.8. The van der Waals surface area contributed by atoms with Crippen LogP contribution in [0, 0.1) is 17.7 Å². The molecule has 2 rings (SSSR count). The Kier molecular flexibility index (Phi) is 6.03. The number of hydrogen-bond acceptors (Lipinski definition) is 4. The molecule has 2 N–H and O–H groups in total. The second-order valence-corrected chi connectivity index (χ2v) is 6.91. The number of rotatable bonds is 7. The number of carbonyl (C=O) groups excluding carboxylic acids is 1. The van der Waals surface area contributed by atoms with Crippen molar-refractivity contribution < 1.29 is 19.1 Å². The molecule has 0 aliphatic heterocycles. The van der Waals surface area contributed by atoms with Crippen molar-refractivity contribution >= 4 is 23.2 Å². The quantitative estimate of drug-likeness (QED) is 0.802. The lowest BCUT2D eigenvalue weighted by atomic mass is 9.97. The van der Waals surface area contributed by atoms with E-state index in [1.165, 1.54) is 12.3 Å². The lowest BCUT2D eigenvalue weighted by Gasteiger charge is -2.14. The molecule has 5 nitrogen and oxygen atoms in total. The van der Waals surface area contributed by atoms with Gasteiger partial charge in [-0.2, -0.15) is 0 Å². The molecule has 1 amide bonds. The van der Waals surface area contributed by atoms with Crippen molar-refractivity contribution in [2.24, 2.45) is 11.8 Å². The van der Waals surface area contributed by atoms with Crippen LogP contribution in [-0.2, 0) is 4.79 Å². The first kappa shape index (κ1) is 18.1. The van der Waals surface area contributed by atoms with Gasteiger partial charge in [-0.25, -0.2) is 9.37 Å². The maximum Gasteiger partial charge on any atom is 0.308 e. The third-order valence-corrected chi connectivity index (χ3v) is 4.48. The van der Waals surface area contributed by atoms with E-state index in [9.17, 15) is 19.1 Å². The topological polar surface area (TPSA) is 79.3 Å². The summed E-state index contributed by atoms with van der Waals surface area (Å²) in [6.07, 6.45) is 1.86. The summed E-state index contributed by atoms with van der Waals surface area (Å²) in [5.74, 6) is -2.14. The highest BCUT2D eigenvalue weighted by molar-refractivity contribution is 7.16. The molecule has 1 atom stereocenters. The van der Waals surface area contributed by atoms with E-state index in [4.69, 9.17) is 0 Å². The van der Waals surface area contributed by atoms with Gasteiger partial charge in [-0.3, -0.25) is 9.59 Å². The van der Waals surface area contributed by atoms with Gasteiger partial charge in [-0.15, -0.1) is 11.3 Å². The van der Waals surface area contributed by atoms with Crippen molar-refractivity contribution in [1.29, 1.82) is 0 Å². The van der Waals surface area contributed by atoms with E-state index < -0.39 is 23.6 Å². The highest BCUT2D eigenvalue weighted by atomic mass is 32.1. The Morgan fingerprint density at radius 1 is 1.33 bits per heavy atom. The normalized spacial score (nSPS) is 12.2. The number of carbonyl (C=O) groups is 2. The molecule has 1 heterocycles. The summed E-state index contributed by atoms with van der Waals surface area (Å²) < 4.78 is 13.8. The largest absolute Gasteiger partial charge is 0.481 e. The summed E-state index contributed by atoms with van der Waals surface area (Å²) in [5, 5.41) is 12.2. The van der Waals surface area contributed by atoms with Crippen LogP contribution in [0.25, 0.3) is 10.6 Å². The fourth-order valence-electron chi connectivity index (χ4n) is 2.28. The Bertz CT molecular complexity index is 730. The third-order valence-electron chi connectivity index (χ3n) is 3.45. The van der Waals surface area contributed by atoms with Gasteiger partial charge in [0.25, 0.3) is 5.91 Å². The SMILES string of the molecule is CC(C)CC(CNC(=O)c1cnc(-c2ccccc2F)s1)C(=O)O. The van der Waals surface area contributed by atoms with Crippen LogP contribution in [0.3, 0.4) is 0 Å². The number of hydrogen-bond donors (Lipinski definition) is 2. The first-order chi connectivity index (χ1) is 11.4. The number of amides is 1. The molecule has 0 fully saturated rings. The van der Waals surface area contributed by atoms with Gasteiger partial charge >= 0.3 is 5.97 Å². The maximum absolute atomic E-state index is 13.8. The second-order valence-electron chi connectivity index (χ2n) is 5.88. The Hall–Kier alpha value is -2.28. The predicted octanol–water partition coefficient (Wildman–Crippen LogP) is 3.43. The fourth-order valence-corrected chi connectivity index (χ4v) is 3.14. The highest BCUT2D eigenvalue weighted by Gasteiger charge is 2.21. The van der Waals surface area contributed by atoms with Gasteiger partial charge in [0, 0.05) is 12.1 Å². The van der Waals surface area contributed by atoms with E-state index in [0.29, 0.717) is 21.9 Å². The molecule has 0 saturated heterocycles. The van der Waals surface area contributed by atoms with Crippen molar-refractivity contribution in [3.8, 4) is 10.6 Å². The van der Waals surface area contributed by atoms with E-state index in [-0.39, 0.29) is 12.5 Å². The molecule has 7 heteroatoms. The van der Waals surface area contributed by atoms with Crippen molar-refractivity contribution in [1.82, 2.24) is 10.3 Å². The number of carboxylic acid groups (broad SMARTS) is 1. The van der Waals surface area contributed by atoms with Crippen molar-refractivity contribution in [2.45, 2.75) is 20.3 Å². The number of nitrogens with one attached hydrogen (secondary N) is 1. The molecule has 24 heavy (non-hydrogen) atoms.